The average Bonchev–Trinajstić information content (AvgIpc) is 3.51. The van der Waals surface area contributed by atoms with Gasteiger partial charge in [-0.2, -0.15) is 0 Å². The van der Waals surface area contributed by atoms with Gasteiger partial charge >= 0.3 is 6.09 Å². The Hall–Kier alpha value is -4.42. The number of hydrogen-bond acceptors (Lipinski definition) is 6. The molecular weight excluding hydrogens is 695 g/mol. The highest BCUT2D eigenvalue weighted by Gasteiger charge is 2.46. The molecule has 6 rings (SSSR count). The van der Waals surface area contributed by atoms with Crippen LogP contribution in [0.15, 0.2) is 89.8 Å². The van der Waals surface area contributed by atoms with Gasteiger partial charge < -0.3 is 19.9 Å². The number of hydrogen-bond donors (Lipinski definition) is 1. The minimum atomic E-state index is -4.18. The summed E-state index contributed by atoms with van der Waals surface area (Å²) in [7, 11) is -4.18. The standard InChI is InChI=1S/C38H42ClFN4O6S/c1-37(2,3)50-36(47)42-21-18-38(19-22-42)17-6-7-20-44(28-15-13-27(39)14-16-28)51(48,49)29-10-8-9-26(23-29)34(45)43-24-31(33(25-43)41-35(38)46)30-11-4-5-12-32(30)40/h4-16,23,31,33H,17-22,24-25H2,1-3H3,(H,41,46)/b7-6+/t31-,33+/m1/s1. The normalized spacial score (nSPS) is 22.8. The molecule has 3 aliphatic rings. The smallest absolute Gasteiger partial charge is 0.410 e. The molecule has 0 aliphatic carbocycles. The zero-order valence-corrected chi connectivity index (χ0v) is 30.4. The number of sulfonamides is 1. The number of nitrogens with one attached hydrogen (secondary N) is 1. The molecule has 4 bridgehead atoms. The van der Waals surface area contributed by atoms with Gasteiger partial charge in [-0.1, -0.05) is 48.0 Å². The van der Waals surface area contributed by atoms with E-state index in [1.54, 1.807) is 80.3 Å². The van der Waals surface area contributed by atoms with Gasteiger partial charge in [0.05, 0.1) is 28.6 Å². The number of rotatable bonds is 2. The van der Waals surface area contributed by atoms with E-state index < -0.39 is 50.8 Å². The molecule has 3 heterocycles. The molecule has 270 valence electrons. The number of benzene rings is 3. The van der Waals surface area contributed by atoms with Crippen molar-refractivity contribution in [2.45, 2.75) is 62.5 Å². The van der Waals surface area contributed by atoms with E-state index in [-0.39, 0.29) is 55.5 Å². The highest BCUT2D eigenvalue weighted by atomic mass is 35.5. The summed E-state index contributed by atoms with van der Waals surface area (Å²) in [6.45, 7) is 6.05. The first kappa shape index (κ1) is 36.4. The van der Waals surface area contributed by atoms with Crippen molar-refractivity contribution in [2.24, 2.45) is 5.41 Å². The van der Waals surface area contributed by atoms with Crippen molar-refractivity contribution in [3.8, 4) is 0 Å². The zero-order chi connectivity index (χ0) is 36.6. The van der Waals surface area contributed by atoms with E-state index in [0.717, 1.165) is 0 Å². The molecule has 1 N–H and O–H groups in total. The minimum Gasteiger partial charge on any atom is -0.444 e. The van der Waals surface area contributed by atoms with E-state index in [9.17, 15) is 22.8 Å². The zero-order valence-electron chi connectivity index (χ0n) is 28.8. The molecule has 0 saturated carbocycles. The maximum absolute atomic E-state index is 15.3. The van der Waals surface area contributed by atoms with Crippen molar-refractivity contribution in [2.75, 3.05) is 37.0 Å². The van der Waals surface area contributed by atoms with Crippen molar-refractivity contribution in [3.05, 3.63) is 107 Å². The third-order valence-corrected chi connectivity index (χ3v) is 11.9. The predicted molar refractivity (Wildman–Crippen MR) is 193 cm³/mol. The summed E-state index contributed by atoms with van der Waals surface area (Å²) in [4.78, 5) is 44.5. The van der Waals surface area contributed by atoms with Gasteiger partial charge in [0, 0.05) is 42.7 Å². The summed E-state index contributed by atoms with van der Waals surface area (Å²) in [6, 6.07) is 18.0. The molecule has 2 fully saturated rings. The second-order valence-corrected chi connectivity index (χ2v) is 16.7. The Morgan fingerprint density at radius 3 is 2.35 bits per heavy atom. The van der Waals surface area contributed by atoms with Crippen LogP contribution in [0.5, 0.6) is 0 Å². The number of amides is 3. The maximum Gasteiger partial charge on any atom is 0.410 e. The maximum atomic E-state index is 15.3. The van der Waals surface area contributed by atoms with Crippen molar-refractivity contribution in [1.82, 2.24) is 15.1 Å². The van der Waals surface area contributed by atoms with E-state index in [4.69, 9.17) is 16.3 Å². The number of likely N-dealkylation sites (tertiary alicyclic amines) is 1. The van der Waals surface area contributed by atoms with Crippen molar-refractivity contribution < 1.29 is 31.9 Å². The van der Waals surface area contributed by atoms with Crippen molar-refractivity contribution in [3.63, 3.8) is 0 Å². The van der Waals surface area contributed by atoms with E-state index in [1.165, 1.54) is 33.5 Å². The molecule has 2 atom stereocenters. The molecule has 3 aliphatic heterocycles. The number of carbonyl (C=O) groups excluding carboxylic acids is 3. The third-order valence-electron chi connectivity index (χ3n) is 9.81. The Balaban J connectivity index is 1.40. The molecule has 51 heavy (non-hydrogen) atoms. The fraction of sp³-hybridized carbons (Fsp3) is 0.395. The number of anilines is 1. The Morgan fingerprint density at radius 1 is 0.961 bits per heavy atom. The van der Waals surface area contributed by atoms with Gasteiger partial charge in [-0.25, -0.2) is 17.6 Å². The van der Waals surface area contributed by atoms with Crippen LogP contribution < -0.4 is 9.62 Å². The number of carbonyl (C=O) groups is 3. The Morgan fingerprint density at radius 2 is 1.67 bits per heavy atom. The Bertz CT molecular complexity index is 1940. The lowest BCUT2D eigenvalue weighted by Crippen LogP contribution is -2.53. The van der Waals surface area contributed by atoms with Gasteiger partial charge in [0.25, 0.3) is 15.9 Å². The predicted octanol–water partition coefficient (Wildman–Crippen LogP) is 6.38. The summed E-state index contributed by atoms with van der Waals surface area (Å²) < 4.78 is 50.6. The van der Waals surface area contributed by atoms with Gasteiger partial charge in [0.2, 0.25) is 5.91 Å². The van der Waals surface area contributed by atoms with Gasteiger partial charge in [0.15, 0.2) is 0 Å². The van der Waals surface area contributed by atoms with Crippen LogP contribution in [-0.2, 0) is 19.6 Å². The van der Waals surface area contributed by atoms with Crippen LogP contribution in [0.2, 0.25) is 5.02 Å². The molecule has 3 aromatic carbocycles. The van der Waals surface area contributed by atoms with Gasteiger partial charge in [-0.15, -0.1) is 0 Å². The molecule has 10 nitrogen and oxygen atoms in total. The number of nitrogens with zero attached hydrogens (tertiary/aromatic N) is 3. The highest BCUT2D eigenvalue weighted by molar-refractivity contribution is 7.92. The van der Waals surface area contributed by atoms with E-state index in [1.807, 2.05) is 6.08 Å². The molecule has 13 heteroatoms. The lowest BCUT2D eigenvalue weighted by Gasteiger charge is -2.41. The Kier molecular flexibility index (Phi) is 10.2. The van der Waals surface area contributed by atoms with Crippen LogP contribution in [-0.4, -0.2) is 80.5 Å². The fourth-order valence-corrected chi connectivity index (χ4v) is 8.61. The first-order valence-corrected chi connectivity index (χ1v) is 18.8. The van der Waals surface area contributed by atoms with E-state index in [2.05, 4.69) is 5.32 Å². The number of piperidine rings is 1. The number of ether oxygens (including phenoxy) is 1. The van der Waals surface area contributed by atoms with Crippen molar-refractivity contribution in [1.29, 1.82) is 0 Å². The highest BCUT2D eigenvalue weighted by Crippen LogP contribution is 2.39. The second kappa shape index (κ2) is 14.3. The summed E-state index contributed by atoms with van der Waals surface area (Å²) >= 11 is 6.13. The molecule has 1 spiro atoms. The van der Waals surface area contributed by atoms with E-state index >= 15 is 4.39 Å². The summed E-state index contributed by atoms with van der Waals surface area (Å²) in [5, 5.41) is 3.64. The lowest BCUT2D eigenvalue weighted by molar-refractivity contribution is -0.134. The fourth-order valence-electron chi connectivity index (χ4n) is 7.02. The first-order valence-electron chi connectivity index (χ1n) is 17.0. The molecule has 2 saturated heterocycles. The van der Waals surface area contributed by atoms with Crippen LogP contribution >= 0.6 is 11.6 Å². The van der Waals surface area contributed by atoms with Crippen LogP contribution in [0.4, 0.5) is 14.9 Å². The quantitative estimate of drug-likeness (QED) is 0.306. The number of allylic oxidation sites excluding steroid dienone is 1. The third kappa shape index (κ3) is 7.77. The molecule has 3 amide bonds. The van der Waals surface area contributed by atoms with Gasteiger partial charge in [0.1, 0.15) is 11.4 Å². The van der Waals surface area contributed by atoms with Gasteiger partial charge in [-0.05, 0) is 94.1 Å². The Labute approximate surface area is 303 Å². The summed E-state index contributed by atoms with van der Waals surface area (Å²) in [5.74, 6) is -1.71. The van der Waals surface area contributed by atoms with Crippen LogP contribution in [0.3, 0.4) is 0 Å². The second-order valence-electron chi connectivity index (χ2n) is 14.4. The number of halogens is 2. The first-order chi connectivity index (χ1) is 24.2. The SMILES string of the molecule is CC(C)(C)OC(=O)N1CCC2(C/C=C/CN(c3ccc(Cl)cc3)S(=O)(=O)c3cccc(c3)C(=O)N3C[C@H](NC2=O)[C@@H](c2ccccc2F)C3)CC1. The lowest BCUT2D eigenvalue weighted by atomic mass is 9.74. The monoisotopic (exact) mass is 736 g/mol. The molecule has 0 aromatic heterocycles. The summed E-state index contributed by atoms with van der Waals surface area (Å²) in [5.41, 5.74) is -0.759. The molecule has 3 aromatic rings. The minimum absolute atomic E-state index is 0.0615. The number of fused-ring (bicyclic) bond motifs is 4. The molecular formula is C38H42ClFN4O6S. The van der Waals surface area contributed by atoms with Gasteiger partial charge in [-0.3, -0.25) is 13.9 Å². The van der Waals surface area contributed by atoms with Crippen LogP contribution in [0.1, 0.15) is 61.9 Å². The molecule has 0 unspecified atom stereocenters. The van der Waals surface area contributed by atoms with E-state index in [0.29, 0.717) is 29.1 Å². The van der Waals surface area contributed by atoms with Crippen LogP contribution in [0, 0.1) is 11.2 Å². The largest absolute Gasteiger partial charge is 0.444 e. The van der Waals surface area contributed by atoms with Crippen molar-refractivity contribution >= 4 is 45.2 Å². The van der Waals surface area contributed by atoms with Crippen LogP contribution in [0.25, 0.3) is 0 Å². The topological polar surface area (TPSA) is 116 Å². The molecule has 0 radical (unpaired) electrons. The summed E-state index contributed by atoms with van der Waals surface area (Å²) in [6.07, 6.45) is 3.94. The average molecular weight is 737 g/mol.